The van der Waals surface area contributed by atoms with Crippen molar-refractivity contribution in [1.29, 1.82) is 0 Å². The van der Waals surface area contributed by atoms with E-state index in [1.54, 1.807) is 31.2 Å². The maximum absolute atomic E-state index is 13.4. The monoisotopic (exact) mass is 525 g/mol. The average Bonchev–Trinajstić information content (AvgIpc) is 3.19. The number of phenolic OH excluding ortho intramolecular Hbond substituents is 1. The molecule has 8 heteroatoms. The summed E-state index contributed by atoms with van der Waals surface area (Å²) in [5, 5.41) is 28.3. The van der Waals surface area contributed by atoms with Gasteiger partial charge in [0.15, 0.2) is 6.73 Å². The molecule has 0 spiro atoms. The second-order valence-electron chi connectivity index (χ2n) is 10.1. The molecule has 1 fully saturated rings. The van der Waals surface area contributed by atoms with Crippen molar-refractivity contribution in [3.63, 3.8) is 0 Å². The van der Waals surface area contributed by atoms with E-state index in [0.717, 1.165) is 16.8 Å². The molecule has 4 aromatic rings. The molecule has 4 aromatic carbocycles. The number of aliphatic hydroxyl groups is 1. The van der Waals surface area contributed by atoms with Crippen LogP contribution in [0, 0.1) is 19.3 Å². The third-order valence-corrected chi connectivity index (χ3v) is 7.24. The van der Waals surface area contributed by atoms with Crippen LogP contribution >= 0.6 is 0 Å². The van der Waals surface area contributed by atoms with Crippen LogP contribution in [0.5, 0.6) is 11.5 Å². The topological polar surface area (TPSA) is 102 Å². The van der Waals surface area contributed by atoms with Crippen molar-refractivity contribution in [3.05, 3.63) is 95.6 Å². The van der Waals surface area contributed by atoms with Crippen LogP contribution in [0.15, 0.2) is 78.9 Å². The van der Waals surface area contributed by atoms with Crippen molar-refractivity contribution in [2.24, 2.45) is 5.41 Å². The van der Waals surface area contributed by atoms with E-state index in [1.165, 1.54) is 11.1 Å². The molecule has 8 nitrogen and oxygen atoms in total. The Balaban J connectivity index is 1.50. The molecule has 0 radical (unpaired) electrons. The molecule has 1 unspecified atom stereocenters. The maximum atomic E-state index is 13.4. The van der Waals surface area contributed by atoms with E-state index in [2.05, 4.69) is 5.32 Å². The highest BCUT2D eigenvalue weighted by Gasteiger charge is 2.48. The number of anilines is 2. The fraction of sp³-hybridized carbons (Fsp3) is 0.226. The minimum atomic E-state index is -0.999. The molecule has 200 valence electrons. The zero-order chi connectivity index (χ0) is 27.7. The Hall–Kier alpha value is -4.56. The number of nitrogens with one attached hydrogen (secondary N) is 1. The van der Waals surface area contributed by atoms with Gasteiger partial charge in [0.2, 0.25) is 0 Å². The van der Waals surface area contributed by atoms with Gasteiger partial charge in [-0.2, -0.15) is 0 Å². The molecule has 0 saturated carbocycles. The number of aliphatic hydroxyl groups excluding tert-OH is 1. The lowest BCUT2D eigenvalue weighted by atomic mass is 9.92. The van der Waals surface area contributed by atoms with Gasteiger partial charge in [-0.05, 0) is 50.1 Å². The highest BCUT2D eigenvalue weighted by molar-refractivity contribution is 6.11. The molecule has 0 bridgehead atoms. The number of carbonyl (C=O) groups excluding carboxylic acids is 2. The summed E-state index contributed by atoms with van der Waals surface area (Å²) in [6, 6.07) is 23.7. The number of aryl methyl sites for hydroxylation is 2. The fourth-order valence-electron chi connectivity index (χ4n) is 4.87. The lowest BCUT2D eigenvalue weighted by Gasteiger charge is -2.30. The van der Waals surface area contributed by atoms with Crippen LogP contribution in [0.4, 0.5) is 11.4 Å². The van der Waals surface area contributed by atoms with Gasteiger partial charge in [-0.3, -0.25) is 14.6 Å². The van der Waals surface area contributed by atoms with Crippen molar-refractivity contribution in [2.75, 3.05) is 30.2 Å². The SMILES string of the molecule is Cc1ccccc1NC(=O)c1cc(OCN2C(=O)C(C)(CO)CN2c2ccccc2C)c2ccccc2c1O. The largest absolute Gasteiger partial charge is 0.506 e. The number of hydrazine groups is 1. The fourth-order valence-corrected chi connectivity index (χ4v) is 4.87. The summed E-state index contributed by atoms with van der Waals surface area (Å²) in [6.07, 6.45) is 0. The summed E-state index contributed by atoms with van der Waals surface area (Å²) in [5.74, 6) is -0.568. The molecule has 3 N–H and O–H groups in total. The summed E-state index contributed by atoms with van der Waals surface area (Å²) in [5.41, 5.74) is 2.39. The molecule has 0 aromatic heterocycles. The quantitative estimate of drug-likeness (QED) is 0.313. The zero-order valence-corrected chi connectivity index (χ0v) is 22.1. The average molecular weight is 526 g/mol. The van der Waals surface area contributed by atoms with Gasteiger partial charge >= 0.3 is 0 Å². The number of carbonyl (C=O) groups is 2. The lowest BCUT2D eigenvalue weighted by Crippen LogP contribution is -2.42. The first kappa shape index (κ1) is 26.1. The Morgan fingerprint density at radius 2 is 1.62 bits per heavy atom. The summed E-state index contributed by atoms with van der Waals surface area (Å²) >= 11 is 0. The van der Waals surface area contributed by atoms with E-state index in [9.17, 15) is 19.8 Å². The number of amides is 2. The molecular formula is C31H31N3O5. The van der Waals surface area contributed by atoms with Crippen LogP contribution in [0.25, 0.3) is 10.8 Å². The molecule has 1 saturated heterocycles. The van der Waals surface area contributed by atoms with Crippen molar-refractivity contribution >= 4 is 34.0 Å². The Kier molecular flexibility index (Phi) is 6.89. The van der Waals surface area contributed by atoms with Gasteiger partial charge in [-0.1, -0.05) is 60.7 Å². The number of aromatic hydroxyl groups is 1. The van der Waals surface area contributed by atoms with Crippen LogP contribution in [-0.2, 0) is 4.79 Å². The predicted octanol–water partition coefficient (Wildman–Crippen LogP) is 5.01. The summed E-state index contributed by atoms with van der Waals surface area (Å²) in [7, 11) is 0. The highest BCUT2D eigenvalue weighted by atomic mass is 16.5. The number of hydrogen-bond acceptors (Lipinski definition) is 6. The Labute approximate surface area is 227 Å². The van der Waals surface area contributed by atoms with Gasteiger partial charge in [0.25, 0.3) is 11.8 Å². The number of fused-ring (bicyclic) bond motifs is 1. The van der Waals surface area contributed by atoms with Gasteiger partial charge < -0.3 is 20.3 Å². The molecule has 2 amide bonds. The summed E-state index contributed by atoms with van der Waals surface area (Å²) in [6.45, 7) is 5.39. The zero-order valence-electron chi connectivity index (χ0n) is 22.1. The first-order valence-corrected chi connectivity index (χ1v) is 12.7. The van der Waals surface area contributed by atoms with Gasteiger partial charge in [-0.25, -0.2) is 5.01 Å². The van der Waals surface area contributed by atoms with Crippen LogP contribution in [0.2, 0.25) is 0 Å². The van der Waals surface area contributed by atoms with Crippen molar-refractivity contribution < 1.29 is 24.5 Å². The summed E-state index contributed by atoms with van der Waals surface area (Å²) in [4.78, 5) is 26.7. The molecule has 5 rings (SSSR count). The minimum absolute atomic E-state index is 0.0515. The minimum Gasteiger partial charge on any atom is -0.506 e. The number of phenols is 1. The van der Waals surface area contributed by atoms with Crippen LogP contribution < -0.4 is 15.1 Å². The van der Waals surface area contributed by atoms with E-state index in [-0.39, 0.29) is 37.1 Å². The van der Waals surface area contributed by atoms with Gasteiger partial charge in [0.05, 0.1) is 29.8 Å². The Bertz CT molecular complexity index is 1570. The Morgan fingerprint density at radius 1 is 0.974 bits per heavy atom. The standard InChI is InChI=1S/C31H31N3O5/c1-20-10-4-8-14-25(20)32-29(37)24-16-27(22-12-6-7-13-23(22)28(24)36)39-19-34-30(38)31(3,18-35)17-33(34)26-15-9-5-11-21(26)2/h4-16,35-36H,17-19H2,1-3H3,(H,32,37). The van der Waals surface area contributed by atoms with Gasteiger partial charge in [0, 0.05) is 16.5 Å². The summed E-state index contributed by atoms with van der Waals surface area (Å²) < 4.78 is 6.21. The van der Waals surface area contributed by atoms with Crippen molar-refractivity contribution in [2.45, 2.75) is 20.8 Å². The van der Waals surface area contributed by atoms with E-state index in [4.69, 9.17) is 4.74 Å². The number of nitrogens with zero attached hydrogens (tertiary/aromatic N) is 2. The lowest BCUT2D eigenvalue weighted by molar-refractivity contribution is -0.139. The number of rotatable bonds is 7. The van der Waals surface area contributed by atoms with E-state index in [1.807, 2.05) is 67.4 Å². The number of benzene rings is 4. The van der Waals surface area contributed by atoms with Crippen LogP contribution in [0.3, 0.4) is 0 Å². The van der Waals surface area contributed by atoms with E-state index < -0.39 is 11.3 Å². The maximum Gasteiger partial charge on any atom is 0.259 e. The first-order chi connectivity index (χ1) is 18.7. The van der Waals surface area contributed by atoms with E-state index >= 15 is 0 Å². The molecule has 39 heavy (non-hydrogen) atoms. The third kappa shape index (κ3) is 4.75. The molecule has 1 aliphatic rings. The molecular weight excluding hydrogens is 494 g/mol. The van der Waals surface area contributed by atoms with Gasteiger partial charge in [-0.15, -0.1) is 0 Å². The van der Waals surface area contributed by atoms with Crippen LogP contribution in [0.1, 0.15) is 28.4 Å². The number of hydrogen-bond donors (Lipinski definition) is 3. The van der Waals surface area contributed by atoms with Crippen LogP contribution in [-0.4, -0.2) is 46.9 Å². The van der Waals surface area contributed by atoms with Crippen molar-refractivity contribution in [3.8, 4) is 11.5 Å². The molecule has 1 atom stereocenters. The predicted molar refractivity (Wildman–Crippen MR) is 151 cm³/mol. The first-order valence-electron chi connectivity index (χ1n) is 12.7. The number of ether oxygens (including phenoxy) is 1. The second kappa shape index (κ2) is 10.3. The van der Waals surface area contributed by atoms with E-state index in [0.29, 0.717) is 22.2 Å². The molecule has 1 heterocycles. The highest BCUT2D eigenvalue weighted by Crippen LogP contribution is 2.38. The molecule has 0 aliphatic carbocycles. The molecule has 1 aliphatic heterocycles. The normalized spacial score (nSPS) is 17.1. The van der Waals surface area contributed by atoms with Gasteiger partial charge in [0.1, 0.15) is 11.5 Å². The Morgan fingerprint density at radius 3 is 2.31 bits per heavy atom. The number of para-hydroxylation sites is 2. The third-order valence-electron chi connectivity index (χ3n) is 7.24. The van der Waals surface area contributed by atoms with Crippen molar-refractivity contribution in [1.82, 2.24) is 5.01 Å². The smallest absolute Gasteiger partial charge is 0.259 e. The second-order valence-corrected chi connectivity index (χ2v) is 10.1.